The van der Waals surface area contributed by atoms with Crippen LogP contribution in [0.15, 0.2) is 49.1 Å². The van der Waals surface area contributed by atoms with Gasteiger partial charge in [-0.05, 0) is 130 Å². The van der Waals surface area contributed by atoms with E-state index in [1.54, 1.807) is 44.2 Å². The van der Waals surface area contributed by atoms with Crippen LogP contribution in [0.25, 0.3) is 0 Å². The smallest absolute Gasteiger partial charge is 0.485 e. The Bertz CT molecular complexity index is 2000. The van der Waals surface area contributed by atoms with Crippen molar-refractivity contribution in [1.29, 1.82) is 0 Å². The Hall–Kier alpha value is -2.83. The number of benzene rings is 3. The van der Waals surface area contributed by atoms with Crippen LogP contribution >= 0.6 is 23.5 Å². The Labute approximate surface area is 336 Å². The van der Waals surface area contributed by atoms with E-state index in [0.717, 1.165) is 11.1 Å². The highest BCUT2D eigenvalue weighted by Crippen LogP contribution is 2.66. The minimum absolute atomic E-state index is 0.00144. The van der Waals surface area contributed by atoms with Gasteiger partial charge >= 0.3 is 23.5 Å². The molecule has 3 aromatic carbocycles. The molecule has 8 N–H and O–H groups in total. The topological polar surface area (TPSA) is 241 Å². The summed E-state index contributed by atoms with van der Waals surface area (Å²) in [6.07, 6.45) is 1.25. The molecule has 3 rings (SSSR count). The quantitative estimate of drug-likeness (QED) is 0.0625. The molecule has 0 aliphatic carbocycles. The molecule has 2 atom stereocenters. The maximum atomic E-state index is 14.7. The average molecular weight is 859 g/mol. The largest absolute Gasteiger partial charge is 0.508 e. The van der Waals surface area contributed by atoms with Gasteiger partial charge in [-0.15, -0.1) is 6.58 Å². The molecule has 0 saturated carbocycles. The lowest BCUT2D eigenvalue weighted by molar-refractivity contribution is 0.0392. The highest BCUT2D eigenvalue weighted by atomic mass is 31.3. The lowest BCUT2D eigenvalue weighted by Crippen LogP contribution is -2.35. The maximum Gasteiger partial charge on any atom is 0.485 e. The first-order valence-electron chi connectivity index (χ1n) is 18.1. The van der Waals surface area contributed by atoms with E-state index >= 15 is 0 Å². The molecule has 0 bridgehead atoms. The van der Waals surface area contributed by atoms with E-state index in [2.05, 4.69) is 6.58 Å². The molecule has 0 spiro atoms. The zero-order valence-corrected chi connectivity index (χ0v) is 37.8. The first-order valence-corrected chi connectivity index (χ1v) is 22.7. The molecule has 0 fully saturated rings. The maximum absolute atomic E-state index is 14.7. The molecule has 320 valence electrons. The van der Waals surface area contributed by atoms with Crippen LogP contribution in [0.2, 0.25) is 0 Å². The third kappa shape index (κ3) is 13.6. The third-order valence-corrected chi connectivity index (χ3v) is 12.0. The fraction of sp³-hybridized carbons (Fsp3) is 0.500. The van der Waals surface area contributed by atoms with Crippen molar-refractivity contribution in [3.8, 4) is 17.2 Å². The van der Waals surface area contributed by atoms with Crippen molar-refractivity contribution in [2.75, 3.05) is 6.61 Å². The number of rotatable bonds is 12. The highest BCUT2D eigenvalue weighted by Gasteiger charge is 2.50. The zero-order chi connectivity index (χ0) is 44.5. The number of phosphoric acid groups is 3. The van der Waals surface area contributed by atoms with Gasteiger partial charge in [-0.1, -0.05) is 81.4 Å². The van der Waals surface area contributed by atoms with Gasteiger partial charge in [0.15, 0.2) is 0 Å². The molecular formula is C40H61O14P3. The summed E-state index contributed by atoms with van der Waals surface area (Å²) in [5.74, 6) is -0.248. The van der Waals surface area contributed by atoms with Gasteiger partial charge in [0.05, 0.1) is 6.61 Å². The highest BCUT2D eigenvalue weighted by molar-refractivity contribution is 7.61. The minimum atomic E-state index is -5.49. The molecule has 0 saturated heterocycles. The van der Waals surface area contributed by atoms with Gasteiger partial charge in [-0.2, -0.15) is 4.31 Å². The van der Waals surface area contributed by atoms with Crippen LogP contribution in [0.3, 0.4) is 0 Å². The van der Waals surface area contributed by atoms with Crippen LogP contribution in [-0.2, 0) is 48.9 Å². The molecular weight excluding hydrogens is 797 g/mol. The summed E-state index contributed by atoms with van der Waals surface area (Å²) >= 11 is 0. The van der Waals surface area contributed by atoms with Crippen LogP contribution in [0.1, 0.15) is 132 Å². The van der Waals surface area contributed by atoms with Crippen LogP contribution in [-0.4, -0.2) is 46.4 Å². The second-order valence-corrected chi connectivity index (χ2v) is 21.5. The second kappa shape index (κ2) is 17.8. The Morgan fingerprint density at radius 2 is 0.982 bits per heavy atom. The lowest BCUT2D eigenvalue weighted by atomic mass is 9.71. The van der Waals surface area contributed by atoms with Gasteiger partial charge in [-0.3, -0.25) is 9.05 Å². The molecule has 0 aromatic heterocycles. The van der Waals surface area contributed by atoms with Crippen LogP contribution in [0, 0.1) is 20.8 Å². The molecule has 17 heteroatoms. The van der Waals surface area contributed by atoms with Crippen molar-refractivity contribution in [2.24, 2.45) is 0 Å². The van der Waals surface area contributed by atoms with Gasteiger partial charge in [0.2, 0.25) is 0 Å². The number of phosphoric ester groups is 1. The molecule has 3 aromatic rings. The molecule has 2 unspecified atom stereocenters. The summed E-state index contributed by atoms with van der Waals surface area (Å²) in [4.78, 5) is 41.7. The number of aryl methyl sites for hydroxylation is 3. The van der Waals surface area contributed by atoms with Crippen LogP contribution < -0.4 is 0 Å². The van der Waals surface area contributed by atoms with E-state index in [4.69, 9.17) is 32.6 Å². The summed E-state index contributed by atoms with van der Waals surface area (Å²) in [6.45, 7) is 28.1. The van der Waals surface area contributed by atoms with Gasteiger partial charge in [0, 0.05) is 0 Å². The van der Waals surface area contributed by atoms with Gasteiger partial charge in [0.1, 0.15) is 22.8 Å². The predicted molar refractivity (Wildman–Crippen MR) is 221 cm³/mol. The summed E-state index contributed by atoms with van der Waals surface area (Å²) in [5, 5.41) is 33.5. The van der Waals surface area contributed by atoms with Crippen molar-refractivity contribution in [3.05, 3.63) is 99.1 Å². The van der Waals surface area contributed by atoms with Gasteiger partial charge < -0.3 is 39.8 Å². The number of hydrogen-bond acceptors (Lipinski definition) is 9. The van der Waals surface area contributed by atoms with Crippen LogP contribution in [0.4, 0.5) is 0 Å². The monoisotopic (exact) mass is 858 g/mol. The fourth-order valence-corrected chi connectivity index (χ4v) is 9.23. The fourth-order valence-electron chi connectivity index (χ4n) is 6.87. The number of aromatic hydroxyl groups is 3. The van der Waals surface area contributed by atoms with Crippen molar-refractivity contribution in [1.82, 2.24) is 0 Å². The lowest BCUT2D eigenvalue weighted by Gasteiger charge is -2.42. The van der Waals surface area contributed by atoms with Crippen molar-refractivity contribution in [3.63, 3.8) is 0 Å². The predicted octanol–water partition coefficient (Wildman–Crippen LogP) is 9.57. The zero-order valence-electron chi connectivity index (χ0n) is 35.1. The Morgan fingerprint density at radius 1 is 0.632 bits per heavy atom. The van der Waals surface area contributed by atoms with E-state index in [1.165, 1.54) is 6.08 Å². The molecule has 0 radical (unpaired) electrons. The van der Waals surface area contributed by atoms with Crippen molar-refractivity contribution < 1.29 is 66.8 Å². The van der Waals surface area contributed by atoms with E-state index in [1.807, 2.05) is 82.2 Å². The molecule has 0 heterocycles. The molecule has 0 amide bonds. The summed E-state index contributed by atoms with van der Waals surface area (Å²) in [6, 6.07) is 10.3. The van der Waals surface area contributed by atoms with Crippen molar-refractivity contribution >= 4 is 23.5 Å². The van der Waals surface area contributed by atoms with Crippen LogP contribution in [0.5, 0.6) is 17.2 Å². The first kappa shape index (κ1) is 50.3. The SMILES string of the molecule is C=CCOP(=O)(OC(CC(C)c1cc(C(C)(C)C)c(O)cc1C)(c1cc(C(C)(C)C)c(O)cc1C)c1cc(C(C)(C)C)c(O)cc1C)OP(=O)(O)O.O=P(O)(O)O. The second-order valence-electron chi connectivity index (χ2n) is 17.5. The average Bonchev–Trinajstić information content (AvgIpc) is 2.96. The number of phenolic OH excluding ortho intramolecular Hbond substituents is 3. The van der Waals surface area contributed by atoms with E-state index in [0.29, 0.717) is 38.9 Å². The Balaban J connectivity index is 0.00000210. The first-order chi connectivity index (χ1) is 25.5. The summed E-state index contributed by atoms with van der Waals surface area (Å²) < 4.78 is 53.2. The summed E-state index contributed by atoms with van der Waals surface area (Å²) in [5.41, 5.74) is 1.83. The van der Waals surface area contributed by atoms with E-state index < -0.39 is 57.8 Å². The molecule has 57 heavy (non-hydrogen) atoms. The molecule has 14 nitrogen and oxygen atoms in total. The van der Waals surface area contributed by atoms with Gasteiger partial charge in [0.25, 0.3) is 0 Å². The molecule has 0 aliphatic rings. The van der Waals surface area contributed by atoms with Crippen molar-refractivity contribution in [2.45, 2.75) is 124 Å². The Kier molecular flexibility index (Phi) is 15.7. The van der Waals surface area contributed by atoms with Gasteiger partial charge in [-0.25, -0.2) is 13.7 Å². The third-order valence-electron chi connectivity index (χ3n) is 9.31. The van der Waals surface area contributed by atoms with E-state index in [-0.39, 0.29) is 23.7 Å². The number of hydrogen-bond donors (Lipinski definition) is 8. The standard InChI is InChI=1S/C40H58O10P2.H3O4P/c1-15-16-48-52(47,50-51(44,45)46)49-40(29-21-32(38(9,10)11)35(42)18-25(29)3,30-22-33(39(12,13)14)36(43)19-26(30)4)23-27(5)28-20-31(37(6,7)8)34(41)17-24(28)2;1-5(2,3)4/h15,17-22,27,41-43H,1,16,23H2,2-14H3,(H2,44,45,46);(H3,1,2,3,4). The normalized spacial score (nSPS) is 14.7. The number of phenols is 3. The summed E-state index contributed by atoms with van der Waals surface area (Å²) in [7, 11) is -15.3. The van der Waals surface area contributed by atoms with E-state index in [9.17, 15) is 34.2 Å². The Morgan fingerprint density at radius 3 is 1.32 bits per heavy atom. The molecule has 0 aliphatic heterocycles. The minimum Gasteiger partial charge on any atom is -0.508 e.